The molecule has 0 radical (unpaired) electrons. The normalized spacial score (nSPS) is 54.0. The van der Waals surface area contributed by atoms with Crippen molar-refractivity contribution in [2.24, 2.45) is 0 Å². The van der Waals surface area contributed by atoms with E-state index in [2.05, 4.69) is 0 Å². The lowest BCUT2D eigenvalue weighted by Crippen LogP contribution is -2.62. The first-order valence-corrected chi connectivity index (χ1v) is 4.56. The van der Waals surface area contributed by atoms with E-state index in [0.717, 1.165) is 0 Å². The van der Waals surface area contributed by atoms with Gasteiger partial charge >= 0.3 is 0 Å². The van der Waals surface area contributed by atoms with E-state index in [4.69, 9.17) is 14.2 Å². The largest absolute Gasteiger partial charge is 0.387 e. The van der Waals surface area contributed by atoms with Crippen LogP contribution < -0.4 is 0 Å². The van der Waals surface area contributed by atoms with Crippen LogP contribution in [0.5, 0.6) is 0 Å². The molecular weight excluding hydrogens is 192 g/mol. The Balaban J connectivity index is 2.08. The van der Waals surface area contributed by atoms with E-state index >= 15 is 0 Å². The van der Waals surface area contributed by atoms with E-state index in [1.54, 1.807) is 6.92 Å². The first-order valence-electron chi connectivity index (χ1n) is 4.56. The Labute approximate surface area is 81.0 Å². The van der Waals surface area contributed by atoms with E-state index in [9.17, 15) is 15.3 Å². The van der Waals surface area contributed by atoms with Crippen LogP contribution in [0, 0.1) is 0 Å². The van der Waals surface area contributed by atoms with Gasteiger partial charge in [0.05, 0.1) is 6.61 Å². The monoisotopic (exact) mass is 206 g/mol. The van der Waals surface area contributed by atoms with Crippen LogP contribution >= 0.6 is 0 Å². The van der Waals surface area contributed by atoms with Crippen LogP contribution in [-0.4, -0.2) is 58.9 Å². The molecule has 3 N–H and O–H groups in total. The Morgan fingerprint density at radius 3 is 2.50 bits per heavy atom. The summed E-state index contributed by atoms with van der Waals surface area (Å²) in [5, 5.41) is 28.1. The van der Waals surface area contributed by atoms with Crippen LogP contribution in [0.25, 0.3) is 0 Å². The zero-order valence-electron chi connectivity index (χ0n) is 7.74. The highest BCUT2D eigenvalue weighted by Gasteiger charge is 2.47. The van der Waals surface area contributed by atoms with Gasteiger partial charge in [0, 0.05) is 0 Å². The van der Waals surface area contributed by atoms with Gasteiger partial charge in [0.1, 0.15) is 24.4 Å². The molecule has 2 fully saturated rings. The second-order valence-electron chi connectivity index (χ2n) is 3.55. The van der Waals surface area contributed by atoms with Crippen LogP contribution in [0.2, 0.25) is 0 Å². The Morgan fingerprint density at radius 2 is 1.79 bits per heavy atom. The van der Waals surface area contributed by atoms with Crippen LogP contribution in [-0.2, 0) is 14.2 Å². The highest BCUT2D eigenvalue weighted by Crippen LogP contribution is 2.27. The van der Waals surface area contributed by atoms with Crippen LogP contribution in [0.1, 0.15) is 6.92 Å². The smallest absolute Gasteiger partial charge is 0.184 e. The van der Waals surface area contributed by atoms with Gasteiger partial charge in [0.25, 0.3) is 0 Å². The van der Waals surface area contributed by atoms with Gasteiger partial charge in [-0.05, 0) is 6.92 Å². The summed E-state index contributed by atoms with van der Waals surface area (Å²) < 4.78 is 15.4. The number of aliphatic hydroxyl groups excluding tert-OH is 3. The Bertz CT molecular complexity index is 208. The zero-order valence-corrected chi connectivity index (χ0v) is 7.74. The minimum atomic E-state index is -1.38. The second kappa shape index (κ2) is 3.73. The lowest BCUT2D eigenvalue weighted by Gasteiger charge is -2.44. The van der Waals surface area contributed by atoms with Gasteiger partial charge in [-0.3, -0.25) is 0 Å². The van der Waals surface area contributed by atoms with Crippen molar-refractivity contribution in [3.63, 3.8) is 0 Å². The van der Waals surface area contributed by atoms with Crippen molar-refractivity contribution in [2.45, 2.75) is 43.9 Å². The fourth-order valence-corrected chi connectivity index (χ4v) is 1.71. The number of hydrogen-bond donors (Lipinski definition) is 3. The molecule has 6 atom stereocenters. The number of fused-ring (bicyclic) bond motifs is 1. The minimum absolute atomic E-state index is 0.243. The highest BCUT2D eigenvalue weighted by molar-refractivity contribution is 4.91. The summed E-state index contributed by atoms with van der Waals surface area (Å²) in [5.74, 6) is 0. The van der Waals surface area contributed by atoms with Crippen molar-refractivity contribution < 1.29 is 29.5 Å². The SMILES string of the molecule is C[C@H]1OC[C@@H]2O[C@@H](O)[C@@H](O)[C@@H](O)[C@@H]2O1. The van der Waals surface area contributed by atoms with Crippen LogP contribution in [0.4, 0.5) is 0 Å². The fraction of sp³-hybridized carbons (Fsp3) is 1.00. The van der Waals surface area contributed by atoms with Gasteiger partial charge < -0.3 is 29.5 Å². The van der Waals surface area contributed by atoms with E-state index < -0.39 is 37.0 Å². The summed E-state index contributed by atoms with van der Waals surface area (Å²) in [6.45, 7) is 1.94. The van der Waals surface area contributed by atoms with E-state index in [-0.39, 0.29) is 6.61 Å². The molecule has 0 spiro atoms. The standard InChI is InChI=1S/C8H14O6/c1-3-12-2-4-7(13-3)5(9)6(10)8(11)14-4/h3-11H,2H2,1H3/t3-,4-,5+,6-,7+,8+/m0/s1. The Kier molecular flexibility index (Phi) is 2.74. The summed E-state index contributed by atoms with van der Waals surface area (Å²) in [4.78, 5) is 0. The first kappa shape index (κ1) is 10.3. The molecule has 14 heavy (non-hydrogen) atoms. The molecule has 2 heterocycles. The van der Waals surface area contributed by atoms with E-state index in [1.165, 1.54) is 0 Å². The van der Waals surface area contributed by atoms with Gasteiger partial charge in [-0.2, -0.15) is 0 Å². The molecule has 0 aromatic rings. The molecule has 2 rings (SSSR count). The van der Waals surface area contributed by atoms with Crippen molar-refractivity contribution in [3.05, 3.63) is 0 Å². The molecule has 0 aliphatic carbocycles. The summed E-state index contributed by atoms with van der Waals surface area (Å²) in [6, 6.07) is 0. The summed E-state index contributed by atoms with van der Waals surface area (Å²) in [5.41, 5.74) is 0. The van der Waals surface area contributed by atoms with Gasteiger partial charge in [0.2, 0.25) is 0 Å². The van der Waals surface area contributed by atoms with Crippen molar-refractivity contribution in [1.82, 2.24) is 0 Å². The molecule has 2 saturated heterocycles. The maximum absolute atomic E-state index is 9.59. The van der Waals surface area contributed by atoms with E-state index in [1.807, 2.05) is 0 Å². The van der Waals surface area contributed by atoms with Gasteiger partial charge in [-0.1, -0.05) is 0 Å². The molecule has 2 aliphatic heterocycles. The van der Waals surface area contributed by atoms with Gasteiger partial charge in [-0.15, -0.1) is 0 Å². The molecule has 0 amide bonds. The molecule has 0 aromatic carbocycles. The molecule has 6 nitrogen and oxygen atoms in total. The third-order valence-electron chi connectivity index (χ3n) is 2.50. The quantitative estimate of drug-likeness (QED) is 0.433. The molecule has 0 unspecified atom stereocenters. The molecule has 0 saturated carbocycles. The van der Waals surface area contributed by atoms with Crippen molar-refractivity contribution in [2.75, 3.05) is 6.61 Å². The number of aliphatic hydroxyl groups is 3. The molecule has 6 heteroatoms. The summed E-state index contributed by atoms with van der Waals surface area (Å²) in [7, 11) is 0. The molecule has 0 aromatic heterocycles. The third kappa shape index (κ3) is 1.65. The molecule has 82 valence electrons. The maximum atomic E-state index is 9.59. The van der Waals surface area contributed by atoms with Crippen molar-refractivity contribution >= 4 is 0 Å². The lowest BCUT2D eigenvalue weighted by atomic mass is 9.98. The van der Waals surface area contributed by atoms with Crippen molar-refractivity contribution in [3.8, 4) is 0 Å². The highest BCUT2D eigenvalue weighted by atomic mass is 16.7. The predicted octanol–water partition coefficient (Wildman–Crippen LogP) is -1.81. The fourth-order valence-electron chi connectivity index (χ4n) is 1.71. The summed E-state index contributed by atoms with van der Waals surface area (Å²) in [6.07, 6.45) is -5.46. The van der Waals surface area contributed by atoms with Gasteiger partial charge in [0.15, 0.2) is 12.6 Å². The van der Waals surface area contributed by atoms with Crippen molar-refractivity contribution in [1.29, 1.82) is 0 Å². The number of hydrogen-bond acceptors (Lipinski definition) is 6. The number of rotatable bonds is 0. The lowest BCUT2D eigenvalue weighted by molar-refractivity contribution is -0.348. The minimum Gasteiger partial charge on any atom is -0.387 e. The Hall–Kier alpha value is -0.240. The topological polar surface area (TPSA) is 88.4 Å². The van der Waals surface area contributed by atoms with E-state index in [0.29, 0.717) is 0 Å². The summed E-state index contributed by atoms with van der Waals surface area (Å²) >= 11 is 0. The first-order chi connectivity index (χ1) is 6.59. The second-order valence-corrected chi connectivity index (χ2v) is 3.55. The number of ether oxygens (including phenoxy) is 3. The average molecular weight is 206 g/mol. The predicted molar refractivity (Wildman–Crippen MR) is 43.2 cm³/mol. The Morgan fingerprint density at radius 1 is 1.07 bits per heavy atom. The third-order valence-corrected chi connectivity index (χ3v) is 2.50. The molecular formula is C8H14O6. The maximum Gasteiger partial charge on any atom is 0.184 e. The van der Waals surface area contributed by atoms with Crippen LogP contribution in [0.15, 0.2) is 0 Å². The zero-order chi connectivity index (χ0) is 10.3. The molecule has 0 bridgehead atoms. The average Bonchev–Trinajstić information content (AvgIpc) is 2.16. The van der Waals surface area contributed by atoms with Gasteiger partial charge in [-0.25, -0.2) is 0 Å². The van der Waals surface area contributed by atoms with Crippen LogP contribution in [0.3, 0.4) is 0 Å². The molecule has 2 aliphatic rings.